The van der Waals surface area contributed by atoms with Crippen molar-refractivity contribution in [3.8, 4) is 0 Å². The summed E-state index contributed by atoms with van der Waals surface area (Å²) in [5, 5.41) is 5.91. The smallest absolute Gasteiger partial charge is 0.270 e. The molecule has 0 aliphatic heterocycles. The predicted octanol–water partition coefficient (Wildman–Crippen LogP) is 1.56. The highest BCUT2D eigenvalue weighted by molar-refractivity contribution is 5.92. The largest absolute Gasteiger partial charge is 0.370 e. The lowest BCUT2D eigenvalue weighted by Gasteiger charge is -2.06. The van der Waals surface area contributed by atoms with Crippen molar-refractivity contribution in [3.05, 3.63) is 42.1 Å². The van der Waals surface area contributed by atoms with Gasteiger partial charge in [-0.2, -0.15) is 0 Å². The van der Waals surface area contributed by atoms with Gasteiger partial charge in [-0.1, -0.05) is 13.0 Å². The summed E-state index contributed by atoms with van der Waals surface area (Å²) >= 11 is 0. The van der Waals surface area contributed by atoms with Crippen molar-refractivity contribution in [2.45, 2.75) is 19.9 Å². The maximum atomic E-state index is 11.9. The Hall–Kier alpha value is -2.37. The van der Waals surface area contributed by atoms with E-state index in [1.54, 1.807) is 18.5 Å². The zero-order valence-corrected chi connectivity index (χ0v) is 10.8. The maximum Gasteiger partial charge on any atom is 0.270 e. The number of imidazole rings is 1. The molecule has 0 spiro atoms. The van der Waals surface area contributed by atoms with E-state index < -0.39 is 0 Å². The Kier molecular flexibility index (Phi) is 4.49. The minimum absolute atomic E-state index is 0.212. The number of hydrogen-bond acceptors (Lipinski definition) is 4. The Morgan fingerprint density at radius 2 is 2.32 bits per heavy atom. The standard InChI is InChI=1S/C13H17N5O/c1-2-6-14-11-5-3-4-10(18-11)13(19)17-9-12-15-7-8-16-12/h3-5,7-8H,2,6,9H2,1H3,(H,14,18)(H,15,16)(H,17,19). The van der Waals surface area contributed by atoms with Crippen molar-refractivity contribution in [3.63, 3.8) is 0 Å². The third kappa shape index (κ3) is 3.80. The summed E-state index contributed by atoms with van der Waals surface area (Å²) in [6.07, 6.45) is 4.38. The number of aromatic amines is 1. The van der Waals surface area contributed by atoms with Crippen LogP contribution in [0, 0.1) is 0 Å². The topological polar surface area (TPSA) is 82.7 Å². The lowest BCUT2D eigenvalue weighted by molar-refractivity contribution is 0.0945. The Morgan fingerprint density at radius 3 is 3.05 bits per heavy atom. The van der Waals surface area contributed by atoms with Crippen LogP contribution in [0.2, 0.25) is 0 Å². The van der Waals surface area contributed by atoms with Gasteiger partial charge in [0.2, 0.25) is 0 Å². The van der Waals surface area contributed by atoms with Gasteiger partial charge in [-0.05, 0) is 18.6 Å². The first-order valence-corrected chi connectivity index (χ1v) is 6.27. The van der Waals surface area contributed by atoms with Gasteiger partial charge >= 0.3 is 0 Å². The number of pyridine rings is 1. The maximum absolute atomic E-state index is 11.9. The molecule has 0 radical (unpaired) electrons. The van der Waals surface area contributed by atoms with Gasteiger partial charge in [-0.15, -0.1) is 0 Å². The minimum atomic E-state index is -0.212. The SMILES string of the molecule is CCCNc1cccc(C(=O)NCc2ncc[nH]2)n1. The molecule has 0 fully saturated rings. The molecule has 0 aromatic carbocycles. The second-order valence-electron chi connectivity index (χ2n) is 4.05. The number of carbonyl (C=O) groups is 1. The van der Waals surface area contributed by atoms with Crippen LogP contribution in [0.25, 0.3) is 0 Å². The number of aromatic nitrogens is 3. The second kappa shape index (κ2) is 6.53. The fourth-order valence-corrected chi connectivity index (χ4v) is 1.56. The number of nitrogens with one attached hydrogen (secondary N) is 3. The van der Waals surface area contributed by atoms with Gasteiger partial charge in [0.15, 0.2) is 0 Å². The molecule has 2 heterocycles. The van der Waals surface area contributed by atoms with Crippen molar-refractivity contribution in [1.82, 2.24) is 20.3 Å². The zero-order chi connectivity index (χ0) is 13.5. The van der Waals surface area contributed by atoms with E-state index >= 15 is 0 Å². The van der Waals surface area contributed by atoms with Crippen molar-refractivity contribution in [2.24, 2.45) is 0 Å². The summed E-state index contributed by atoms with van der Waals surface area (Å²) in [5.74, 6) is 1.22. The number of anilines is 1. The van der Waals surface area contributed by atoms with Crippen LogP contribution < -0.4 is 10.6 Å². The van der Waals surface area contributed by atoms with Crippen LogP contribution in [-0.2, 0) is 6.54 Å². The van der Waals surface area contributed by atoms with E-state index in [1.165, 1.54) is 0 Å². The van der Waals surface area contributed by atoms with Crippen LogP contribution in [-0.4, -0.2) is 27.4 Å². The highest BCUT2D eigenvalue weighted by Gasteiger charge is 2.08. The molecule has 0 saturated heterocycles. The molecule has 6 heteroatoms. The molecule has 2 rings (SSSR count). The summed E-state index contributed by atoms with van der Waals surface area (Å²) in [6.45, 7) is 3.28. The summed E-state index contributed by atoms with van der Waals surface area (Å²) in [5.41, 5.74) is 0.396. The molecule has 0 saturated carbocycles. The van der Waals surface area contributed by atoms with Crippen molar-refractivity contribution in [2.75, 3.05) is 11.9 Å². The molecular weight excluding hydrogens is 242 g/mol. The molecule has 1 amide bonds. The lowest BCUT2D eigenvalue weighted by Crippen LogP contribution is -2.24. The van der Waals surface area contributed by atoms with Crippen molar-refractivity contribution in [1.29, 1.82) is 0 Å². The molecule has 3 N–H and O–H groups in total. The summed E-state index contributed by atoms with van der Waals surface area (Å²) < 4.78 is 0. The number of rotatable bonds is 6. The molecule has 19 heavy (non-hydrogen) atoms. The first-order chi connectivity index (χ1) is 9.29. The first-order valence-electron chi connectivity index (χ1n) is 6.27. The van der Waals surface area contributed by atoms with Crippen LogP contribution in [0.1, 0.15) is 29.7 Å². The highest BCUT2D eigenvalue weighted by Crippen LogP contribution is 2.05. The van der Waals surface area contributed by atoms with Crippen LogP contribution in [0.5, 0.6) is 0 Å². The van der Waals surface area contributed by atoms with Gasteiger partial charge in [-0.3, -0.25) is 4.79 Å². The van der Waals surface area contributed by atoms with E-state index in [-0.39, 0.29) is 5.91 Å². The average molecular weight is 259 g/mol. The quantitative estimate of drug-likeness (QED) is 0.735. The normalized spacial score (nSPS) is 10.2. The lowest BCUT2D eigenvalue weighted by atomic mass is 10.3. The van der Waals surface area contributed by atoms with Crippen LogP contribution in [0.3, 0.4) is 0 Å². The van der Waals surface area contributed by atoms with E-state index in [0.717, 1.165) is 13.0 Å². The molecule has 6 nitrogen and oxygen atoms in total. The molecule has 0 unspecified atom stereocenters. The van der Waals surface area contributed by atoms with Gasteiger partial charge in [-0.25, -0.2) is 9.97 Å². The van der Waals surface area contributed by atoms with E-state index in [1.807, 2.05) is 12.1 Å². The summed E-state index contributed by atoms with van der Waals surface area (Å²) in [4.78, 5) is 23.1. The van der Waals surface area contributed by atoms with Crippen molar-refractivity contribution < 1.29 is 4.79 Å². The average Bonchev–Trinajstić information content (AvgIpc) is 2.96. The molecule has 2 aromatic heterocycles. The van der Waals surface area contributed by atoms with Gasteiger partial charge in [0.25, 0.3) is 5.91 Å². The highest BCUT2D eigenvalue weighted by atomic mass is 16.1. The molecule has 0 atom stereocenters. The number of carbonyl (C=O) groups excluding carboxylic acids is 1. The van der Waals surface area contributed by atoms with Gasteiger partial charge < -0.3 is 15.6 Å². The minimum Gasteiger partial charge on any atom is -0.370 e. The Morgan fingerprint density at radius 1 is 1.42 bits per heavy atom. The van der Waals surface area contributed by atoms with E-state index in [9.17, 15) is 4.79 Å². The first kappa shape index (κ1) is 13.1. The number of hydrogen-bond donors (Lipinski definition) is 3. The van der Waals surface area contributed by atoms with Crippen LogP contribution in [0.15, 0.2) is 30.6 Å². The summed E-state index contributed by atoms with van der Waals surface area (Å²) in [7, 11) is 0. The van der Waals surface area contributed by atoms with Crippen LogP contribution >= 0.6 is 0 Å². The molecular formula is C13H17N5O. The fraction of sp³-hybridized carbons (Fsp3) is 0.308. The number of nitrogens with zero attached hydrogens (tertiary/aromatic N) is 2. The molecule has 0 bridgehead atoms. The zero-order valence-electron chi connectivity index (χ0n) is 10.8. The Bertz CT molecular complexity index is 524. The number of H-pyrrole nitrogens is 1. The third-order valence-corrected chi connectivity index (χ3v) is 2.51. The monoisotopic (exact) mass is 259 g/mol. The fourth-order valence-electron chi connectivity index (χ4n) is 1.56. The van der Waals surface area contributed by atoms with Crippen LogP contribution in [0.4, 0.5) is 5.82 Å². The van der Waals surface area contributed by atoms with Gasteiger partial charge in [0.1, 0.15) is 17.3 Å². The second-order valence-corrected chi connectivity index (χ2v) is 4.05. The predicted molar refractivity (Wildman–Crippen MR) is 72.8 cm³/mol. The number of amides is 1. The Balaban J connectivity index is 1.94. The van der Waals surface area contributed by atoms with Crippen molar-refractivity contribution >= 4 is 11.7 Å². The molecule has 0 aliphatic carbocycles. The van der Waals surface area contributed by atoms with Gasteiger partial charge in [0, 0.05) is 18.9 Å². The van der Waals surface area contributed by atoms with E-state index in [2.05, 4.69) is 32.5 Å². The van der Waals surface area contributed by atoms with E-state index in [4.69, 9.17) is 0 Å². The molecule has 100 valence electrons. The molecule has 0 aliphatic rings. The molecule has 2 aromatic rings. The summed E-state index contributed by atoms with van der Waals surface area (Å²) in [6, 6.07) is 5.35. The third-order valence-electron chi connectivity index (χ3n) is 2.51. The Labute approximate surface area is 111 Å². The van der Waals surface area contributed by atoms with Gasteiger partial charge in [0.05, 0.1) is 6.54 Å². The van der Waals surface area contributed by atoms with E-state index in [0.29, 0.717) is 23.9 Å².